The Kier molecular flexibility index (Phi) is 6.85. The molecule has 2 aromatic carbocycles. The number of rotatable bonds is 10. The number of aliphatic carboxylic acids is 1. The lowest BCUT2D eigenvalue weighted by Gasteiger charge is -2.14. The molecule has 0 radical (unpaired) electrons. The molecule has 0 aliphatic carbocycles. The zero-order valence-electron chi connectivity index (χ0n) is 18.3. The lowest BCUT2D eigenvalue weighted by Crippen LogP contribution is -2.18. The number of nitrogens with zero attached hydrogens (tertiary/aromatic N) is 2. The number of hydrogen-bond acceptors (Lipinski definition) is 3. The van der Waals surface area contributed by atoms with Gasteiger partial charge in [0.25, 0.3) is 0 Å². The maximum absolute atomic E-state index is 11.6. The third kappa shape index (κ3) is 5.35. The number of benzene rings is 2. The molecule has 5 nitrogen and oxygen atoms in total. The van der Waals surface area contributed by atoms with Crippen molar-refractivity contribution in [2.75, 3.05) is 0 Å². The number of aryl methyl sites for hydroxylation is 4. The van der Waals surface area contributed by atoms with Crippen LogP contribution in [-0.4, -0.2) is 20.6 Å². The van der Waals surface area contributed by atoms with Crippen LogP contribution in [0.5, 0.6) is 0 Å². The molecule has 0 fully saturated rings. The van der Waals surface area contributed by atoms with E-state index in [-0.39, 0.29) is 0 Å². The van der Waals surface area contributed by atoms with Gasteiger partial charge in [0, 0.05) is 18.0 Å². The molecule has 0 saturated heterocycles. The lowest BCUT2D eigenvalue weighted by molar-refractivity contribution is -0.141. The highest BCUT2D eigenvalue weighted by molar-refractivity contribution is 5.71. The minimum Gasteiger partial charge on any atom is -0.480 e. The highest BCUT2D eigenvalue weighted by Crippen LogP contribution is 2.23. The molecule has 32 heavy (non-hydrogen) atoms. The summed E-state index contributed by atoms with van der Waals surface area (Å²) in [4.78, 5) is 16.3. The van der Waals surface area contributed by atoms with Crippen molar-refractivity contribution >= 4 is 5.97 Å². The van der Waals surface area contributed by atoms with Gasteiger partial charge in [0.15, 0.2) is 0 Å². The fraction of sp³-hybridized carbons (Fsp3) is 0.259. The lowest BCUT2D eigenvalue weighted by atomic mass is 10.0. The SMILES string of the molecule is Cc1oc(-c2ccccc2)nc1CCCc1ccc(CC[C@@H](C(=O)O)n2cccc2)cc1. The molecule has 2 heterocycles. The highest BCUT2D eigenvalue weighted by atomic mass is 16.4. The van der Waals surface area contributed by atoms with Crippen LogP contribution >= 0.6 is 0 Å². The molecule has 2 aromatic heterocycles. The maximum atomic E-state index is 11.6. The molecule has 0 aliphatic rings. The summed E-state index contributed by atoms with van der Waals surface area (Å²) in [6.45, 7) is 1.97. The van der Waals surface area contributed by atoms with E-state index >= 15 is 0 Å². The van der Waals surface area contributed by atoms with Crippen LogP contribution < -0.4 is 0 Å². The van der Waals surface area contributed by atoms with Gasteiger partial charge >= 0.3 is 5.97 Å². The Morgan fingerprint density at radius 2 is 1.59 bits per heavy atom. The van der Waals surface area contributed by atoms with Crippen molar-refractivity contribution in [3.63, 3.8) is 0 Å². The standard InChI is InChI=1S/C27H28N2O3/c1-20-24(28-26(32-20)23-9-3-2-4-10-23)11-7-8-21-12-14-22(15-13-21)16-17-25(27(30)31)29-18-5-6-19-29/h2-6,9-10,12-15,18-19,25H,7-8,11,16-17H2,1H3,(H,30,31)/t25-/m0/s1. The van der Waals surface area contributed by atoms with Gasteiger partial charge < -0.3 is 14.1 Å². The molecular formula is C27H28N2O3. The number of oxazole rings is 1. The highest BCUT2D eigenvalue weighted by Gasteiger charge is 2.18. The van der Waals surface area contributed by atoms with E-state index in [1.54, 1.807) is 17.0 Å². The van der Waals surface area contributed by atoms with Crippen LogP contribution in [-0.2, 0) is 24.1 Å². The predicted molar refractivity (Wildman–Crippen MR) is 125 cm³/mol. The Bertz CT molecular complexity index is 1130. The minimum absolute atomic E-state index is 0.531. The van der Waals surface area contributed by atoms with Gasteiger partial charge in [-0.2, -0.15) is 0 Å². The first kappa shape index (κ1) is 21.6. The molecule has 0 amide bonds. The summed E-state index contributed by atoms with van der Waals surface area (Å²) >= 11 is 0. The number of hydrogen-bond donors (Lipinski definition) is 1. The van der Waals surface area contributed by atoms with Crippen LogP contribution in [0.3, 0.4) is 0 Å². The molecule has 5 heteroatoms. The van der Waals surface area contributed by atoms with E-state index < -0.39 is 12.0 Å². The first-order valence-electron chi connectivity index (χ1n) is 11.0. The number of carboxylic acids is 1. The summed E-state index contributed by atoms with van der Waals surface area (Å²) in [6, 6.07) is 21.7. The second kappa shape index (κ2) is 10.1. The maximum Gasteiger partial charge on any atom is 0.326 e. The van der Waals surface area contributed by atoms with Gasteiger partial charge in [-0.15, -0.1) is 0 Å². The van der Waals surface area contributed by atoms with E-state index in [0.717, 1.165) is 48.3 Å². The summed E-state index contributed by atoms with van der Waals surface area (Å²) < 4.78 is 7.61. The Labute approximate surface area is 188 Å². The van der Waals surface area contributed by atoms with E-state index in [4.69, 9.17) is 4.42 Å². The van der Waals surface area contributed by atoms with Crippen molar-refractivity contribution in [2.45, 2.75) is 45.1 Å². The zero-order chi connectivity index (χ0) is 22.3. The second-order valence-corrected chi connectivity index (χ2v) is 8.08. The van der Waals surface area contributed by atoms with E-state index in [1.807, 2.05) is 49.4 Å². The van der Waals surface area contributed by atoms with Gasteiger partial charge in [-0.25, -0.2) is 9.78 Å². The van der Waals surface area contributed by atoms with Gasteiger partial charge in [0.1, 0.15) is 11.8 Å². The molecule has 0 spiro atoms. The summed E-state index contributed by atoms with van der Waals surface area (Å²) in [7, 11) is 0. The normalized spacial score (nSPS) is 12.0. The van der Waals surface area contributed by atoms with Crippen LogP contribution in [0.15, 0.2) is 83.5 Å². The molecule has 0 saturated carbocycles. The van der Waals surface area contributed by atoms with Crippen molar-refractivity contribution in [1.82, 2.24) is 9.55 Å². The molecule has 164 valence electrons. The van der Waals surface area contributed by atoms with E-state index in [1.165, 1.54) is 5.56 Å². The Morgan fingerprint density at radius 1 is 0.938 bits per heavy atom. The average Bonchev–Trinajstić information content (AvgIpc) is 3.46. The molecule has 1 N–H and O–H groups in total. The smallest absolute Gasteiger partial charge is 0.326 e. The summed E-state index contributed by atoms with van der Waals surface area (Å²) in [5, 5.41) is 9.51. The van der Waals surface area contributed by atoms with Crippen molar-refractivity contribution in [2.24, 2.45) is 0 Å². The topological polar surface area (TPSA) is 68.3 Å². The third-order valence-electron chi connectivity index (χ3n) is 5.79. The minimum atomic E-state index is -0.795. The monoisotopic (exact) mass is 428 g/mol. The van der Waals surface area contributed by atoms with Crippen molar-refractivity contribution < 1.29 is 14.3 Å². The number of carbonyl (C=O) groups is 1. The summed E-state index contributed by atoms with van der Waals surface area (Å²) in [5.41, 5.74) is 4.45. The first-order chi connectivity index (χ1) is 15.6. The molecular weight excluding hydrogens is 400 g/mol. The van der Waals surface area contributed by atoms with Gasteiger partial charge in [-0.1, -0.05) is 42.5 Å². The van der Waals surface area contributed by atoms with Gasteiger partial charge in [-0.3, -0.25) is 0 Å². The molecule has 0 aliphatic heterocycles. The molecule has 4 aromatic rings. The molecule has 0 bridgehead atoms. The Morgan fingerprint density at radius 3 is 2.25 bits per heavy atom. The van der Waals surface area contributed by atoms with E-state index in [0.29, 0.717) is 12.3 Å². The molecule has 4 rings (SSSR count). The van der Waals surface area contributed by atoms with Crippen LogP contribution in [0.4, 0.5) is 0 Å². The molecule has 1 atom stereocenters. The third-order valence-corrected chi connectivity index (χ3v) is 5.79. The van der Waals surface area contributed by atoms with Crippen LogP contribution in [0.2, 0.25) is 0 Å². The van der Waals surface area contributed by atoms with Crippen molar-refractivity contribution in [3.05, 3.63) is 102 Å². The van der Waals surface area contributed by atoms with Crippen molar-refractivity contribution in [3.8, 4) is 11.5 Å². The quantitative estimate of drug-likeness (QED) is 0.342. The molecule has 0 unspecified atom stereocenters. The van der Waals surface area contributed by atoms with E-state index in [9.17, 15) is 9.90 Å². The zero-order valence-corrected chi connectivity index (χ0v) is 18.3. The summed E-state index contributed by atoms with van der Waals surface area (Å²) in [5.74, 6) is 0.772. The number of carboxylic acid groups (broad SMARTS) is 1. The van der Waals surface area contributed by atoms with Crippen LogP contribution in [0.25, 0.3) is 11.5 Å². The van der Waals surface area contributed by atoms with Crippen LogP contribution in [0.1, 0.15) is 41.5 Å². The fourth-order valence-electron chi connectivity index (χ4n) is 3.96. The second-order valence-electron chi connectivity index (χ2n) is 8.08. The van der Waals surface area contributed by atoms with Crippen molar-refractivity contribution in [1.29, 1.82) is 0 Å². The van der Waals surface area contributed by atoms with Gasteiger partial charge in [0.2, 0.25) is 5.89 Å². The predicted octanol–water partition coefficient (Wildman–Crippen LogP) is 5.89. The van der Waals surface area contributed by atoms with Gasteiger partial charge in [-0.05, 0) is 74.4 Å². The Balaban J connectivity index is 1.28. The first-order valence-corrected chi connectivity index (χ1v) is 11.0. The van der Waals surface area contributed by atoms with Gasteiger partial charge in [0.05, 0.1) is 5.69 Å². The number of aromatic nitrogens is 2. The van der Waals surface area contributed by atoms with E-state index in [2.05, 4.69) is 29.2 Å². The largest absolute Gasteiger partial charge is 0.480 e. The average molecular weight is 429 g/mol. The Hall–Kier alpha value is -3.60. The summed E-state index contributed by atoms with van der Waals surface area (Å²) in [6.07, 6.45) is 7.75. The fourth-order valence-corrected chi connectivity index (χ4v) is 3.96. The van der Waals surface area contributed by atoms with Crippen LogP contribution in [0, 0.1) is 6.92 Å².